The quantitative estimate of drug-likeness (QED) is 0.772. The fourth-order valence-electron chi connectivity index (χ4n) is 1.68. The highest BCUT2D eigenvalue weighted by molar-refractivity contribution is 6.36. The van der Waals surface area contributed by atoms with E-state index >= 15 is 0 Å². The molecule has 1 aromatic heterocycles. The summed E-state index contributed by atoms with van der Waals surface area (Å²) in [6.45, 7) is 6.01. The molecular weight excluding hydrogens is 239 g/mol. The molecule has 0 aliphatic heterocycles. The lowest BCUT2D eigenvalue weighted by Crippen LogP contribution is -2.14. The average Bonchev–Trinajstić information content (AvgIpc) is 2.21. The van der Waals surface area contributed by atoms with Crippen molar-refractivity contribution in [2.75, 3.05) is 5.73 Å². The average molecular weight is 253 g/mol. The Morgan fingerprint density at radius 3 is 2.53 bits per heavy atom. The van der Waals surface area contributed by atoms with E-state index in [0.717, 1.165) is 5.69 Å². The zero-order valence-corrected chi connectivity index (χ0v) is 10.8. The monoisotopic (exact) mass is 252 g/mol. The van der Waals surface area contributed by atoms with Gasteiger partial charge >= 0.3 is 0 Å². The Morgan fingerprint density at radius 2 is 1.94 bits per heavy atom. The van der Waals surface area contributed by atoms with Crippen molar-refractivity contribution in [3.8, 4) is 0 Å². The minimum atomic E-state index is -0.401. The van der Waals surface area contributed by atoms with Crippen LogP contribution in [0.25, 0.3) is 10.9 Å². The number of nitrogens with two attached hydrogens (primary N) is 1. The second kappa shape index (κ2) is 3.84. The van der Waals surface area contributed by atoms with E-state index in [4.69, 9.17) is 17.3 Å². The summed E-state index contributed by atoms with van der Waals surface area (Å²) in [5.41, 5.74) is 7.20. The molecule has 0 aliphatic rings. The number of hydrogen-bond donors (Lipinski definition) is 1. The van der Waals surface area contributed by atoms with Crippen LogP contribution in [0, 0.1) is 5.82 Å². The van der Waals surface area contributed by atoms with E-state index in [-0.39, 0.29) is 10.9 Å². The predicted molar refractivity (Wildman–Crippen MR) is 69.8 cm³/mol. The van der Waals surface area contributed by atoms with Gasteiger partial charge in [0.25, 0.3) is 0 Å². The molecule has 1 heterocycles. The van der Waals surface area contributed by atoms with Gasteiger partial charge in [-0.15, -0.1) is 0 Å². The van der Waals surface area contributed by atoms with E-state index in [1.807, 2.05) is 20.8 Å². The number of pyridine rings is 1. The van der Waals surface area contributed by atoms with Gasteiger partial charge in [0.2, 0.25) is 0 Å². The SMILES string of the molecule is CC(C)(C)c1cc(N)c2c(Cl)ccc(F)c2n1. The third kappa shape index (κ3) is 2.07. The van der Waals surface area contributed by atoms with Gasteiger partial charge in [0.1, 0.15) is 11.3 Å². The Morgan fingerprint density at radius 1 is 1.29 bits per heavy atom. The number of nitrogens with zero attached hydrogens (tertiary/aromatic N) is 1. The molecule has 0 saturated heterocycles. The molecule has 0 fully saturated rings. The highest BCUT2D eigenvalue weighted by Crippen LogP contribution is 2.33. The van der Waals surface area contributed by atoms with Crippen molar-refractivity contribution in [1.29, 1.82) is 0 Å². The summed E-state index contributed by atoms with van der Waals surface area (Å²) in [6.07, 6.45) is 0. The topological polar surface area (TPSA) is 38.9 Å². The number of rotatable bonds is 0. The van der Waals surface area contributed by atoms with Crippen LogP contribution >= 0.6 is 11.6 Å². The van der Waals surface area contributed by atoms with E-state index in [2.05, 4.69) is 4.98 Å². The number of hydrogen-bond acceptors (Lipinski definition) is 2. The molecule has 2 N–H and O–H groups in total. The van der Waals surface area contributed by atoms with Crippen LogP contribution in [0.15, 0.2) is 18.2 Å². The minimum absolute atomic E-state index is 0.183. The Hall–Kier alpha value is -1.35. The molecule has 4 heteroatoms. The summed E-state index contributed by atoms with van der Waals surface area (Å²) in [5, 5.41) is 0.909. The van der Waals surface area contributed by atoms with Crippen LogP contribution in [0.3, 0.4) is 0 Å². The molecule has 2 rings (SSSR count). The maximum Gasteiger partial charge on any atom is 0.149 e. The largest absolute Gasteiger partial charge is 0.398 e. The standard InChI is InChI=1S/C13H14ClFN2/c1-13(2,3)10-6-9(16)11-7(14)4-5-8(15)12(11)17-10/h4-6H,1-3H3,(H2,16,17). The van der Waals surface area contributed by atoms with Crippen molar-refractivity contribution in [3.63, 3.8) is 0 Å². The van der Waals surface area contributed by atoms with Gasteiger partial charge in [0.15, 0.2) is 0 Å². The molecule has 0 amide bonds. The fraction of sp³-hybridized carbons (Fsp3) is 0.308. The zero-order chi connectivity index (χ0) is 12.8. The van der Waals surface area contributed by atoms with Crippen LogP contribution in [-0.2, 0) is 5.41 Å². The van der Waals surface area contributed by atoms with Gasteiger partial charge in [0.05, 0.1) is 5.02 Å². The number of nitrogen functional groups attached to an aromatic ring is 1. The molecule has 2 nitrogen and oxygen atoms in total. The van der Waals surface area contributed by atoms with Crippen molar-refractivity contribution in [2.24, 2.45) is 0 Å². The number of halogens is 2. The van der Waals surface area contributed by atoms with Gasteiger partial charge in [-0.05, 0) is 18.2 Å². The lowest BCUT2D eigenvalue weighted by Gasteiger charge is -2.19. The van der Waals surface area contributed by atoms with Gasteiger partial charge in [0, 0.05) is 22.2 Å². The molecule has 0 spiro atoms. The molecule has 0 unspecified atom stereocenters. The molecule has 0 radical (unpaired) electrons. The Bertz CT molecular complexity index is 588. The number of benzene rings is 1. The maximum atomic E-state index is 13.7. The van der Waals surface area contributed by atoms with E-state index in [1.165, 1.54) is 12.1 Å². The second-order valence-corrected chi connectivity index (χ2v) is 5.51. The highest BCUT2D eigenvalue weighted by Gasteiger charge is 2.19. The lowest BCUT2D eigenvalue weighted by atomic mass is 9.91. The van der Waals surface area contributed by atoms with Gasteiger partial charge in [-0.25, -0.2) is 9.37 Å². The molecule has 17 heavy (non-hydrogen) atoms. The van der Waals surface area contributed by atoms with Crippen molar-refractivity contribution >= 4 is 28.2 Å². The van der Waals surface area contributed by atoms with Crippen molar-refractivity contribution in [3.05, 3.63) is 34.7 Å². The van der Waals surface area contributed by atoms with Crippen LogP contribution < -0.4 is 5.73 Å². The highest BCUT2D eigenvalue weighted by atomic mass is 35.5. The summed E-state index contributed by atoms with van der Waals surface area (Å²) in [5.74, 6) is -0.401. The van der Waals surface area contributed by atoms with Gasteiger partial charge in [-0.1, -0.05) is 32.4 Å². The smallest absolute Gasteiger partial charge is 0.149 e. The van der Waals surface area contributed by atoms with E-state index in [1.54, 1.807) is 6.07 Å². The summed E-state index contributed by atoms with van der Waals surface area (Å²) in [6, 6.07) is 4.56. The third-order valence-corrected chi connectivity index (χ3v) is 2.97. The molecule has 2 aromatic rings. The van der Waals surface area contributed by atoms with Crippen LogP contribution in [0.5, 0.6) is 0 Å². The van der Waals surface area contributed by atoms with Gasteiger partial charge in [-0.3, -0.25) is 0 Å². The lowest BCUT2D eigenvalue weighted by molar-refractivity contribution is 0.569. The van der Waals surface area contributed by atoms with Crippen LogP contribution in [0.2, 0.25) is 5.02 Å². The zero-order valence-electron chi connectivity index (χ0n) is 10.0. The first-order valence-electron chi connectivity index (χ1n) is 5.35. The first kappa shape index (κ1) is 12.1. The first-order chi connectivity index (χ1) is 7.80. The Balaban J connectivity index is 2.87. The van der Waals surface area contributed by atoms with Crippen molar-refractivity contribution < 1.29 is 4.39 Å². The Labute approximate surface area is 105 Å². The third-order valence-electron chi connectivity index (χ3n) is 2.66. The van der Waals surface area contributed by atoms with E-state index in [0.29, 0.717) is 16.1 Å². The van der Waals surface area contributed by atoms with Crippen molar-refractivity contribution in [2.45, 2.75) is 26.2 Å². The second-order valence-electron chi connectivity index (χ2n) is 5.10. The van der Waals surface area contributed by atoms with Gasteiger partial charge < -0.3 is 5.73 Å². The van der Waals surface area contributed by atoms with Crippen LogP contribution in [-0.4, -0.2) is 4.98 Å². The van der Waals surface area contributed by atoms with Crippen molar-refractivity contribution in [1.82, 2.24) is 4.98 Å². The van der Waals surface area contributed by atoms with Crippen LogP contribution in [0.1, 0.15) is 26.5 Å². The number of anilines is 1. The predicted octanol–water partition coefficient (Wildman–Crippen LogP) is 3.91. The summed E-state index contributed by atoms with van der Waals surface area (Å²) >= 11 is 6.01. The molecule has 0 atom stereocenters. The normalized spacial score (nSPS) is 12.1. The first-order valence-corrected chi connectivity index (χ1v) is 5.73. The summed E-state index contributed by atoms with van der Waals surface area (Å²) < 4.78 is 13.7. The maximum absolute atomic E-state index is 13.7. The summed E-state index contributed by atoms with van der Waals surface area (Å²) in [7, 11) is 0. The summed E-state index contributed by atoms with van der Waals surface area (Å²) in [4.78, 5) is 4.33. The number of aromatic nitrogens is 1. The molecular formula is C13H14ClFN2. The molecule has 0 aliphatic carbocycles. The molecule has 1 aromatic carbocycles. The molecule has 0 bridgehead atoms. The number of fused-ring (bicyclic) bond motifs is 1. The van der Waals surface area contributed by atoms with E-state index < -0.39 is 5.82 Å². The van der Waals surface area contributed by atoms with E-state index in [9.17, 15) is 4.39 Å². The minimum Gasteiger partial charge on any atom is -0.398 e. The molecule has 0 saturated carbocycles. The molecule has 90 valence electrons. The Kier molecular flexibility index (Phi) is 2.74. The van der Waals surface area contributed by atoms with Crippen LogP contribution in [0.4, 0.5) is 10.1 Å². The van der Waals surface area contributed by atoms with Gasteiger partial charge in [-0.2, -0.15) is 0 Å². The fourth-order valence-corrected chi connectivity index (χ4v) is 1.94.